The van der Waals surface area contributed by atoms with Crippen molar-refractivity contribution >= 4 is 72.2 Å². The van der Waals surface area contributed by atoms with E-state index in [4.69, 9.17) is 45.2 Å². The van der Waals surface area contributed by atoms with Gasteiger partial charge in [0.15, 0.2) is 0 Å². The molecule has 3 saturated carbocycles. The van der Waals surface area contributed by atoms with Gasteiger partial charge in [-0.3, -0.25) is 0 Å². The van der Waals surface area contributed by atoms with E-state index in [1.807, 2.05) is 39.9 Å². The van der Waals surface area contributed by atoms with Crippen LogP contribution in [-0.4, -0.2) is 125 Å². The molecule has 0 aliphatic heterocycles. The van der Waals surface area contributed by atoms with Crippen molar-refractivity contribution in [1.29, 1.82) is 0 Å². The van der Waals surface area contributed by atoms with Crippen LogP contribution in [0, 0.1) is 0 Å². The largest absolute Gasteiger partial charge is 0.444 e. The van der Waals surface area contributed by atoms with Gasteiger partial charge in [0.2, 0.25) is 17.7 Å². The van der Waals surface area contributed by atoms with E-state index in [0.29, 0.717) is 41.7 Å². The molecule has 9 aromatic heterocycles. The molecule has 428 valence electrons. The van der Waals surface area contributed by atoms with Crippen molar-refractivity contribution in [2.75, 3.05) is 23.8 Å². The van der Waals surface area contributed by atoms with E-state index in [1.165, 1.54) is 6.26 Å². The molecule has 23 heteroatoms. The number of halogens is 1. The van der Waals surface area contributed by atoms with E-state index < -0.39 is 16.1 Å². The third-order valence-corrected chi connectivity index (χ3v) is 18.3. The third-order valence-electron chi connectivity index (χ3n) is 14.5. The number of aliphatic hydroxyl groups excluding tert-OH is 3. The van der Waals surface area contributed by atoms with Crippen molar-refractivity contribution in [3.05, 3.63) is 97.8 Å². The number of aromatic amines is 1. The van der Waals surface area contributed by atoms with Crippen molar-refractivity contribution < 1.29 is 38.0 Å². The highest BCUT2D eigenvalue weighted by atomic mass is 35.5. The summed E-state index contributed by atoms with van der Waals surface area (Å²) in [6, 6.07) is 9.04. The Morgan fingerprint density at radius 3 is 1.51 bits per heavy atom. The number of nitrogens with zero attached hydrogens (tertiary/aromatic N) is 8. The SMILES string of the molecule is C[Si](C)(C)CCOCn1ccc2c(Cl)c(-c3ncco3)cnc21.C[Si](C)(C)CCOCn1ccc2c(N[C@@H]3CC[C@H](O)C3)c(-c3ncco3)cnc21.N[C@@H]1CC[C@H](O)C1.O[C@H]1CC[C@@H](Nc2c(-c3ncco3)cnc3[nH]ccc23)C1. The van der Waals surface area contributed by atoms with Crippen LogP contribution in [0.1, 0.15) is 57.8 Å². The van der Waals surface area contributed by atoms with Gasteiger partial charge in [-0.15, -0.1) is 0 Å². The van der Waals surface area contributed by atoms with E-state index in [0.717, 1.165) is 139 Å². The molecule has 12 rings (SSSR count). The highest BCUT2D eigenvalue weighted by Crippen LogP contribution is 2.38. The second kappa shape index (κ2) is 26.6. The smallest absolute Gasteiger partial charge is 0.229 e. The summed E-state index contributed by atoms with van der Waals surface area (Å²) in [7, 11) is -2.17. The monoisotopic (exact) mass is 1150 g/mol. The number of aliphatic hydroxyl groups is 3. The predicted octanol–water partition coefficient (Wildman–Crippen LogP) is 11.4. The lowest BCUT2D eigenvalue weighted by molar-refractivity contribution is 0.0898. The molecule has 0 spiro atoms. The Balaban J connectivity index is 0.000000138. The molecule has 3 fully saturated rings. The lowest BCUT2D eigenvalue weighted by atomic mass is 10.1. The number of rotatable bonds is 17. The molecule has 20 nitrogen and oxygen atoms in total. The first kappa shape index (κ1) is 58.4. The zero-order chi connectivity index (χ0) is 56.4. The van der Waals surface area contributed by atoms with Gasteiger partial charge in [0.25, 0.3) is 0 Å². The number of aromatic nitrogens is 9. The molecule has 0 saturated heterocycles. The van der Waals surface area contributed by atoms with Gasteiger partial charge in [0.1, 0.15) is 49.2 Å². The van der Waals surface area contributed by atoms with Gasteiger partial charge in [-0.2, -0.15) is 0 Å². The zero-order valence-corrected chi connectivity index (χ0v) is 49.4. The second-order valence-electron chi connectivity index (χ2n) is 23.4. The minimum absolute atomic E-state index is 0.102. The molecule has 0 bridgehead atoms. The number of anilines is 2. The van der Waals surface area contributed by atoms with Crippen LogP contribution in [-0.2, 0) is 22.9 Å². The summed E-state index contributed by atoms with van der Waals surface area (Å²) in [5.74, 6) is 1.56. The first-order chi connectivity index (χ1) is 38.5. The average molecular weight is 1150 g/mol. The lowest BCUT2D eigenvalue weighted by Crippen LogP contribution is -2.22. The third kappa shape index (κ3) is 15.4. The van der Waals surface area contributed by atoms with Crippen molar-refractivity contribution in [2.45, 2.75) is 159 Å². The molecule has 3 aliphatic carbocycles. The number of oxazole rings is 3. The van der Waals surface area contributed by atoms with Crippen LogP contribution in [0.3, 0.4) is 0 Å². The summed E-state index contributed by atoms with van der Waals surface area (Å²) in [6.07, 6.45) is 27.8. The van der Waals surface area contributed by atoms with E-state index >= 15 is 0 Å². The Morgan fingerprint density at radius 1 is 0.600 bits per heavy atom. The Bertz CT molecular complexity index is 3330. The first-order valence-corrected chi connectivity index (χ1v) is 35.5. The van der Waals surface area contributed by atoms with Crippen LogP contribution < -0.4 is 16.4 Å². The molecular formula is C57H77ClN12O8Si2. The summed E-state index contributed by atoms with van der Waals surface area (Å²) < 4.78 is 32.0. The van der Waals surface area contributed by atoms with Crippen LogP contribution in [0.5, 0.6) is 0 Å². The number of hydrogen-bond acceptors (Lipinski definition) is 17. The minimum Gasteiger partial charge on any atom is -0.444 e. The summed E-state index contributed by atoms with van der Waals surface area (Å²) >= 11 is 6.48. The number of H-pyrrole nitrogens is 1. The van der Waals surface area contributed by atoms with E-state index in [1.54, 1.807) is 49.7 Å². The average Bonchev–Trinajstić information content (AvgIpc) is 4.29. The topological polar surface area (TPSA) is 272 Å². The summed E-state index contributed by atoms with van der Waals surface area (Å²) in [4.78, 5) is 29.3. The van der Waals surface area contributed by atoms with Gasteiger partial charge >= 0.3 is 0 Å². The van der Waals surface area contributed by atoms with E-state index in [2.05, 4.69) is 90.9 Å². The van der Waals surface area contributed by atoms with Crippen LogP contribution in [0.25, 0.3) is 67.5 Å². The Labute approximate surface area is 472 Å². The fourth-order valence-electron chi connectivity index (χ4n) is 9.98. The normalized spacial score (nSPS) is 20.1. The number of pyridine rings is 3. The molecule has 0 unspecified atom stereocenters. The maximum atomic E-state index is 9.92. The van der Waals surface area contributed by atoms with Gasteiger partial charge in [-0.1, -0.05) is 50.9 Å². The molecule has 0 aromatic carbocycles. The second-order valence-corrected chi connectivity index (χ2v) is 35.0. The maximum absolute atomic E-state index is 9.92. The van der Waals surface area contributed by atoms with Crippen LogP contribution in [0.2, 0.25) is 56.4 Å². The summed E-state index contributed by atoms with van der Waals surface area (Å²) in [6.45, 7) is 16.6. The Kier molecular flexibility index (Phi) is 19.4. The lowest BCUT2D eigenvalue weighted by Gasteiger charge is -2.18. The van der Waals surface area contributed by atoms with Crippen LogP contribution >= 0.6 is 11.6 Å². The van der Waals surface area contributed by atoms with Gasteiger partial charge < -0.3 is 68.5 Å². The fourth-order valence-corrected chi connectivity index (χ4v) is 11.8. The number of nitrogens with two attached hydrogens (primary N) is 1. The van der Waals surface area contributed by atoms with Crippen molar-refractivity contribution in [3.63, 3.8) is 0 Å². The molecule has 0 amide bonds. The zero-order valence-electron chi connectivity index (χ0n) is 46.6. The highest BCUT2D eigenvalue weighted by Gasteiger charge is 2.28. The molecular weight excluding hydrogens is 1070 g/mol. The molecule has 0 radical (unpaired) electrons. The molecule has 8 N–H and O–H groups in total. The number of hydrogen-bond donors (Lipinski definition) is 7. The number of fused-ring (bicyclic) bond motifs is 3. The molecule has 80 heavy (non-hydrogen) atoms. The van der Waals surface area contributed by atoms with Crippen molar-refractivity contribution in [3.8, 4) is 34.4 Å². The minimum atomic E-state index is -1.10. The number of ether oxygens (including phenoxy) is 2. The van der Waals surface area contributed by atoms with Crippen LogP contribution in [0.15, 0.2) is 106 Å². The summed E-state index contributed by atoms with van der Waals surface area (Å²) in [5, 5.41) is 39.1. The van der Waals surface area contributed by atoms with E-state index in [-0.39, 0.29) is 36.4 Å². The predicted molar refractivity (Wildman–Crippen MR) is 318 cm³/mol. The highest BCUT2D eigenvalue weighted by molar-refractivity contribution is 6.76. The summed E-state index contributed by atoms with van der Waals surface area (Å²) in [5.41, 5.74) is 12.3. The maximum Gasteiger partial charge on any atom is 0.229 e. The fraction of sp³-hybridized carbons (Fsp3) is 0.474. The molecule has 9 aromatic rings. The van der Waals surface area contributed by atoms with Crippen LogP contribution in [0.4, 0.5) is 11.4 Å². The number of nitrogens with one attached hydrogen (secondary N) is 3. The molecule has 9 heterocycles. The van der Waals surface area contributed by atoms with Gasteiger partial charge in [0, 0.05) is 101 Å². The van der Waals surface area contributed by atoms with Crippen molar-refractivity contribution in [2.24, 2.45) is 5.73 Å². The van der Waals surface area contributed by atoms with Crippen molar-refractivity contribution in [1.82, 2.24) is 44.0 Å². The Morgan fingerprint density at radius 2 is 1.06 bits per heavy atom. The molecule has 6 atom stereocenters. The van der Waals surface area contributed by atoms with Gasteiger partial charge in [-0.25, -0.2) is 29.9 Å². The van der Waals surface area contributed by atoms with Gasteiger partial charge in [0.05, 0.1) is 70.0 Å². The standard InChI is InChI=1S/C21H30N4O3Si.C16H20ClN3O2Si.C15H16N4O2.C5H11NO/c1-29(2,3)11-10-27-14-25-8-6-17-19(24-15-4-5-16(26)12-15)18(13-23-20(17)25)21-22-7-9-28-21;1-23(2,3)9-8-21-11-20-6-4-12-14(17)13(10-19-15(12)20)16-18-5-7-22-16;20-10-2-1-9(7-10)19-13-11-3-4-16-14(11)18-8-12(13)15-17-5-6-21-15;6-4-1-2-5(7)3-4/h6-9,13,15-16,26H,4-5,10-12,14H2,1-3H3,(H,23,24);4-7,10H,8-9,11H2,1-3H3;3-6,8-10,20H,1-2,7H2,(H2,16,18,19);4-5,7H,1-3,6H2/t15-,16+;;9-,10+;4-,5+/m1.11/s1. The first-order valence-electron chi connectivity index (χ1n) is 27.7. The van der Waals surface area contributed by atoms with Gasteiger partial charge in [-0.05, 0) is 88.1 Å². The quantitative estimate of drug-likeness (QED) is 0.0330. The molecule has 3 aliphatic rings. The van der Waals surface area contributed by atoms with E-state index in [9.17, 15) is 10.2 Å². The Hall–Kier alpha value is -6.22.